The zero-order chi connectivity index (χ0) is 22.1. The molecule has 0 unspecified atom stereocenters. The van der Waals surface area contributed by atoms with Crippen molar-refractivity contribution in [2.45, 2.75) is 6.92 Å². The smallest absolute Gasteiger partial charge is 0.106 e. The lowest BCUT2D eigenvalue weighted by Gasteiger charge is -2.23. The van der Waals surface area contributed by atoms with E-state index in [2.05, 4.69) is 140 Å². The van der Waals surface area contributed by atoms with E-state index in [9.17, 15) is 0 Å². The van der Waals surface area contributed by atoms with E-state index >= 15 is 0 Å². The van der Waals surface area contributed by atoms with Crippen LogP contribution >= 0.6 is 65.9 Å². The molecule has 0 amide bonds. The molecule has 0 atom stereocenters. The molecule has 7 heteroatoms. The predicted molar refractivity (Wildman–Crippen MR) is 150 cm³/mol. The van der Waals surface area contributed by atoms with Gasteiger partial charge in [-0.05, 0) is 98.9 Å². The molecule has 0 saturated heterocycles. The molecule has 32 heavy (non-hydrogen) atoms. The number of aryl methyl sites for hydroxylation is 1. The predicted octanol–water partition coefficient (Wildman–Crippen LogP) is 10.6. The average molecular weight is 602 g/mol. The molecule has 2 nitrogen and oxygen atoms in total. The molecule has 3 aromatic heterocycles. The van der Waals surface area contributed by atoms with Crippen molar-refractivity contribution in [2.24, 2.45) is 0 Å². The lowest BCUT2D eigenvalue weighted by atomic mass is 10.2. The number of para-hydroxylation sites is 2. The second-order valence-electron chi connectivity index (χ2n) is 7.07. The minimum Gasteiger partial charge on any atom is -0.293 e. The first-order valence-corrected chi connectivity index (χ1v) is 13.9. The molecule has 2 aromatic carbocycles. The van der Waals surface area contributed by atoms with Crippen LogP contribution < -0.4 is 9.80 Å². The minimum absolute atomic E-state index is 1.12. The van der Waals surface area contributed by atoms with E-state index in [1.54, 1.807) is 22.7 Å². The molecule has 0 fully saturated rings. The van der Waals surface area contributed by atoms with E-state index in [4.69, 9.17) is 0 Å². The van der Waals surface area contributed by atoms with Gasteiger partial charge in [0.25, 0.3) is 0 Å². The van der Waals surface area contributed by atoms with Gasteiger partial charge in [-0.25, -0.2) is 0 Å². The maximum Gasteiger partial charge on any atom is 0.106 e. The van der Waals surface area contributed by atoms with Gasteiger partial charge in [-0.2, -0.15) is 0 Å². The van der Waals surface area contributed by atoms with E-state index in [0.29, 0.717) is 0 Å². The Labute approximate surface area is 216 Å². The Morgan fingerprint density at radius 3 is 1.56 bits per heavy atom. The van der Waals surface area contributed by atoms with Crippen molar-refractivity contribution in [1.29, 1.82) is 0 Å². The van der Waals surface area contributed by atoms with Gasteiger partial charge >= 0.3 is 0 Å². The van der Waals surface area contributed by atoms with Crippen LogP contribution in [0.15, 0.2) is 98.6 Å². The summed E-state index contributed by atoms with van der Waals surface area (Å²) < 4.78 is 2.24. The first-order chi connectivity index (χ1) is 15.6. The number of hydrogen-bond acceptors (Lipinski definition) is 5. The van der Waals surface area contributed by atoms with Crippen LogP contribution in [0.3, 0.4) is 0 Å². The minimum atomic E-state index is 1.12. The molecule has 0 radical (unpaired) electrons. The number of rotatable bonds is 6. The monoisotopic (exact) mass is 600 g/mol. The summed E-state index contributed by atoms with van der Waals surface area (Å²) in [5.41, 5.74) is 3.55. The van der Waals surface area contributed by atoms with Crippen LogP contribution in [-0.4, -0.2) is 0 Å². The van der Waals surface area contributed by atoms with Crippen molar-refractivity contribution < 1.29 is 0 Å². The van der Waals surface area contributed by atoms with Crippen LogP contribution in [0.2, 0.25) is 0 Å². The zero-order valence-corrected chi connectivity index (χ0v) is 22.7. The number of thiophene rings is 3. The fourth-order valence-corrected chi connectivity index (χ4v) is 7.65. The van der Waals surface area contributed by atoms with E-state index in [1.165, 1.54) is 25.6 Å². The van der Waals surface area contributed by atoms with E-state index < -0.39 is 0 Å². The van der Waals surface area contributed by atoms with Crippen LogP contribution in [0.4, 0.5) is 31.4 Å². The zero-order valence-electron chi connectivity index (χ0n) is 17.0. The van der Waals surface area contributed by atoms with Gasteiger partial charge in [0, 0.05) is 11.4 Å². The molecule has 0 aliphatic heterocycles. The lowest BCUT2D eigenvalue weighted by Crippen LogP contribution is -2.07. The van der Waals surface area contributed by atoms with Crippen LogP contribution in [0.1, 0.15) is 5.56 Å². The molecule has 0 aliphatic carbocycles. The molecule has 0 bridgehead atoms. The quantitative estimate of drug-likeness (QED) is 0.191. The largest absolute Gasteiger partial charge is 0.293 e. The van der Waals surface area contributed by atoms with Crippen LogP contribution in [0.5, 0.6) is 0 Å². The summed E-state index contributed by atoms with van der Waals surface area (Å²) in [5.74, 6) is 0. The fourth-order valence-electron chi connectivity index (χ4n) is 3.50. The summed E-state index contributed by atoms with van der Waals surface area (Å²) in [6, 6.07) is 32.0. The summed E-state index contributed by atoms with van der Waals surface area (Å²) in [6.45, 7) is 2.20. The molecule has 0 aliphatic rings. The summed E-state index contributed by atoms with van der Waals surface area (Å²) in [4.78, 5) is 4.69. The van der Waals surface area contributed by atoms with Crippen LogP contribution in [0, 0.1) is 6.92 Å². The third kappa shape index (κ3) is 4.45. The summed E-state index contributed by atoms with van der Waals surface area (Å²) >= 11 is 12.6. The Hall–Kier alpha value is -1.90. The third-order valence-corrected chi connectivity index (χ3v) is 9.31. The average Bonchev–Trinajstić information content (AvgIpc) is 3.52. The fraction of sp³-hybridized carbons (Fsp3) is 0.0400. The van der Waals surface area contributed by atoms with Crippen molar-refractivity contribution in [2.75, 3.05) is 9.80 Å². The summed E-state index contributed by atoms with van der Waals surface area (Å²) in [7, 11) is 0. The molecule has 0 spiro atoms. The summed E-state index contributed by atoms with van der Waals surface area (Å²) in [5, 5.41) is 4.78. The Morgan fingerprint density at radius 1 is 0.562 bits per heavy atom. The first kappa shape index (κ1) is 21.9. The SMILES string of the molecule is Cc1cc(N(c2ccccc2)c2ccc(Br)s2)sc1N(c1ccccc1)c1ccc(Br)s1. The number of hydrogen-bond donors (Lipinski definition) is 0. The molecule has 0 saturated carbocycles. The Morgan fingerprint density at radius 2 is 1.06 bits per heavy atom. The normalized spacial score (nSPS) is 11.0. The van der Waals surface area contributed by atoms with Gasteiger partial charge in [-0.3, -0.25) is 9.80 Å². The maximum atomic E-state index is 3.64. The maximum absolute atomic E-state index is 3.64. The standard InChI is InChI=1S/C25H18Br2N2S3/c1-17-16-24(28(18-8-4-2-5-9-18)22-14-12-20(26)30-22)32-25(17)29(19-10-6-3-7-11-19)23-15-13-21(27)31-23/h2-16H,1H3. The first-order valence-electron chi connectivity index (χ1n) is 9.91. The highest BCUT2D eigenvalue weighted by Gasteiger charge is 2.23. The van der Waals surface area contributed by atoms with Gasteiger partial charge < -0.3 is 0 Å². The molecule has 160 valence electrons. The topological polar surface area (TPSA) is 6.48 Å². The number of halogens is 2. The number of nitrogens with zero attached hydrogens (tertiary/aromatic N) is 2. The van der Waals surface area contributed by atoms with Crippen molar-refractivity contribution in [1.82, 2.24) is 0 Å². The Kier molecular flexibility index (Phi) is 6.53. The second kappa shape index (κ2) is 9.53. The van der Waals surface area contributed by atoms with Crippen molar-refractivity contribution in [3.63, 3.8) is 0 Å². The van der Waals surface area contributed by atoms with Gasteiger partial charge in [0.15, 0.2) is 0 Å². The highest BCUT2D eigenvalue weighted by Crippen LogP contribution is 2.50. The highest BCUT2D eigenvalue weighted by molar-refractivity contribution is 9.11. The number of anilines is 6. The highest BCUT2D eigenvalue weighted by atomic mass is 79.9. The molecule has 5 aromatic rings. The second-order valence-corrected chi connectivity index (χ2v) is 13.0. The summed E-state index contributed by atoms with van der Waals surface area (Å²) in [6.07, 6.45) is 0. The van der Waals surface area contributed by atoms with Gasteiger partial charge in [-0.15, -0.1) is 22.7 Å². The van der Waals surface area contributed by atoms with Gasteiger partial charge in [0.05, 0.1) is 7.57 Å². The van der Waals surface area contributed by atoms with Crippen molar-refractivity contribution in [3.05, 3.63) is 104 Å². The lowest BCUT2D eigenvalue weighted by molar-refractivity contribution is 1.32. The number of benzene rings is 2. The Bertz CT molecular complexity index is 1330. The molecule has 3 heterocycles. The van der Waals surface area contributed by atoms with Gasteiger partial charge in [-0.1, -0.05) is 47.7 Å². The van der Waals surface area contributed by atoms with Crippen molar-refractivity contribution >= 4 is 97.2 Å². The van der Waals surface area contributed by atoms with Crippen molar-refractivity contribution in [3.8, 4) is 0 Å². The van der Waals surface area contributed by atoms with E-state index in [1.807, 2.05) is 11.3 Å². The Balaban J connectivity index is 1.65. The van der Waals surface area contributed by atoms with E-state index in [-0.39, 0.29) is 0 Å². The molecular weight excluding hydrogens is 584 g/mol. The van der Waals surface area contributed by atoms with Gasteiger partial charge in [0.1, 0.15) is 20.0 Å². The molecular formula is C25H18Br2N2S3. The van der Waals surface area contributed by atoms with E-state index in [0.717, 1.165) is 18.9 Å². The van der Waals surface area contributed by atoms with Gasteiger partial charge in [0.2, 0.25) is 0 Å². The molecule has 5 rings (SSSR count). The third-order valence-electron chi connectivity index (χ3n) is 4.89. The van der Waals surface area contributed by atoms with Crippen LogP contribution in [-0.2, 0) is 0 Å². The molecule has 0 N–H and O–H groups in total. The van der Waals surface area contributed by atoms with Crippen LogP contribution in [0.25, 0.3) is 0 Å².